The maximum absolute atomic E-state index is 13.9. The number of nitrogens with two attached hydrogens (primary N) is 1. The molecule has 0 saturated carbocycles. The molecule has 9 nitrogen and oxygen atoms in total. The third-order valence-electron chi connectivity index (χ3n) is 6.64. The molecule has 1 aromatic heterocycles. The van der Waals surface area contributed by atoms with E-state index in [1.807, 2.05) is 18.2 Å². The number of nitrogens with zero attached hydrogens (tertiary/aromatic N) is 4. The van der Waals surface area contributed by atoms with Crippen molar-refractivity contribution < 1.29 is 18.8 Å². The summed E-state index contributed by atoms with van der Waals surface area (Å²) in [4.78, 5) is 40.1. The fourth-order valence-electron chi connectivity index (χ4n) is 4.76. The van der Waals surface area contributed by atoms with Crippen LogP contribution in [0.3, 0.4) is 0 Å². The number of primary amides is 1. The van der Waals surface area contributed by atoms with E-state index in [2.05, 4.69) is 10.4 Å². The van der Waals surface area contributed by atoms with E-state index in [1.165, 1.54) is 22.9 Å². The Balaban J connectivity index is 1.54. The van der Waals surface area contributed by atoms with Crippen LogP contribution < -0.4 is 16.0 Å². The number of halogens is 1. The molecule has 5 rings (SSSR count). The SMILES string of the molecule is N#Cc1cc(-n2nc(C(N)=O)cc2C(=O)C2CNc3ccc(N4CCCCCC4=O)cc32)ccc1F. The molecule has 0 radical (unpaired) electrons. The van der Waals surface area contributed by atoms with Crippen molar-refractivity contribution in [3.8, 4) is 11.8 Å². The zero-order valence-electron chi connectivity index (χ0n) is 19.3. The van der Waals surface area contributed by atoms with Crippen LogP contribution >= 0.6 is 0 Å². The van der Waals surface area contributed by atoms with Crippen molar-refractivity contribution in [1.29, 1.82) is 5.26 Å². The number of anilines is 2. The lowest BCUT2D eigenvalue weighted by molar-refractivity contribution is -0.118. The molecule has 2 aliphatic rings. The highest BCUT2D eigenvalue weighted by molar-refractivity contribution is 6.04. The fourth-order valence-corrected chi connectivity index (χ4v) is 4.76. The number of Topliss-reactive ketones (excluding diaryl/α,β-unsaturated/α-hetero) is 1. The Morgan fingerprint density at radius 1 is 1.11 bits per heavy atom. The third kappa shape index (κ3) is 4.09. The monoisotopic (exact) mass is 486 g/mol. The second kappa shape index (κ2) is 9.26. The van der Waals surface area contributed by atoms with E-state index in [0.717, 1.165) is 42.3 Å². The van der Waals surface area contributed by atoms with Gasteiger partial charge in [0.2, 0.25) is 5.91 Å². The van der Waals surface area contributed by atoms with Crippen LogP contribution in [0.15, 0.2) is 42.5 Å². The molecule has 3 N–H and O–H groups in total. The van der Waals surface area contributed by atoms with Crippen LogP contribution in [-0.4, -0.2) is 40.5 Å². The largest absolute Gasteiger partial charge is 0.384 e. The first-order valence-corrected chi connectivity index (χ1v) is 11.7. The van der Waals surface area contributed by atoms with Gasteiger partial charge in [-0.3, -0.25) is 14.4 Å². The number of nitriles is 1. The molecule has 3 aromatic rings. The standard InChI is InChI=1S/C26H23FN6O3/c27-20-7-5-17(10-15(20)13-28)33-23(12-22(31-33)26(29)36)25(35)19-14-30-21-8-6-16(11-18(19)21)32-9-3-1-2-4-24(32)34/h5-8,10-12,19,30H,1-4,9,14H2,(H2,29,36). The van der Waals surface area contributed by atoms with Gasteiger partial charge in [-0.05, 0) is 54.8 Å². The van der Waals surface area contributed by atoms with Crippen LogP contribution in [0.2, 0.25) is 0 Å². The molecule has 2 aromatic carbocycles. The van der Waals surface area contributed by atoms with E-state index in [1.54, 1.807) is 11.0 Å². The van der Waals surface area contributed by atoms with E-state index in [4.69, 9.17) is 5.73 Å². The molecular weight excluding hydrogens is 463 g/mol. The summed E-state index contributed by atoms with van der Waals surface area (Å²) < 4.78 is 15.1. The van der Waals surface area contributed by atoms with E-state index in [-0.39, 0.29) is 34.3 Å². The Hall–Kier alpha value is -4.52. The lowest BCUT2D eigenvalue weighted by Gasteiger charge is -2.22. The fraction of sp³-hybridized carbons (Fsp3) is 0.269. The smallest absolute Gasteiger partial charge is 0.269 e. The highest BCUT2D eigenvalue weighted by Crippen LogP contribution is 2.37. The molecule has 3 heterocycles. The summed E-state index contributed by atoms with van der Waals surface area (Å²) >= 11 is 0. The summed E-state index contributed by atoms with van der Waals surface area (Å²) in [5, 5.41) is 16.6. The molecule has 0 aliphatic carbocycles. The number of benzene rings is 2. The van der Waals surface area contributed by atoms with Gasteiger partial charge in [-0.1, -0.05) is 6.42 Å². The molecular formula is C26H23FN6O3. The number of carbonyl (C=O) groups excluding carboxylic acids is 3. The van der Waals surface area contributed by atoms with Crippen molar-refractivity contribution in [3.05, 3.63) is 70.8 Å². The minimum atomic E-state index is -0.822. The predicted octanol–water partition coefficient (Wildman–Crippen LogP) is 3.28. The Kier molecular flexibility index (Phi) is 5.98. The zero-order chi connectivity index (χ0) is 25.4. The van der Waals surface area contributed by atoms with Crippen LogP contribution in [0, 0.1) is 17.1 Å². The summed E-state index contributed by atoms with van der Waals surface area (Å²) in [5.74, 6) is -2.41. The first-order valence-electron chi connectivity index (χ1n) is 11.7. The highest BCUT2D eigenvalue weighted by Gasteiger charge is 2.33. The summed E-state index contributed by atoms with van der Waals surface area (Å²) in [6.45, 7) is 0.944. The predicted molar refractivity (Wildman–Crippen MR) is 130 cm³/mol. The van der Waals surface area contributed by atoms with Crippen LogP contribution in [0.4, 0.5) is 15.8 Å². The van der Waals surface area contributed by atoms with E-state index in [0.29, 0.717) is 19.5 Å². The number of nitrogens with one attached hydrogen (secondary N) is 1. The van der Waals surface area contributed by atoms with Crippen molar-refractivity contribution in [1.82, 2.24) is 9.78 Å². The number of hydrogen-bond acceptors (Lipinski definition) is 6. The molecule has 0 spiro atoms. The van der Waals surface area contributed by atoms with E-state index < -0.39 is 17.6 Å². The Labute approximate surface area is 206 Å². The van der Waals surface area contributed by atoms with Gasteiger partial charge in [-0.15, -0.1) is 0 Å². The number of amides is 2. The first-order chi connectivity index (χ1) is 17.4. The maximum atomic E-state index is 13.9. The molecule has 10 heteroatoms. The quantitative estimate of drug-likeness (QED) is 0.532. The molecule has 1 unspecified atom stereocenters. The van der Waals surface area contributed by atoms with Crippen molar-refractivity contribution >= 4 is 29.0 Å². The Morgan fingerprint density at radius 2 is 1.92 bits per heavy atom. The molecule has 36 heavy (non-hydrogen) atoms. The molecule has 1 atom stereocenters. The summed E-state index contributed by atoms with van der Waals surface area (Å²) in [6.07, 6.45) is 3.28. The summed E-state index contributed by atoms with van der Waals surface area (Å²) in [7, 11) is 0. The van der Waals surface area contributed by atoms with Crippen LogP contribution in [0.1, 0.15) is 63.7 Å². The Bertz CT molecular complexity index is 1440. The van der Waals surface area contributed by atoms with Crippen molar-refractivity contribution in [2.75, 3.05) is 23.3 Å². The van der Waals surface area contributed by atoms with Gasteiger partial charge in [0, 0.05) is 37.0 Å². The van der Waals surface area contributed by atoms with Gasteiger partial charge in [0.15, 0.2) is 11.5 Å². The number of hydrogen-bond donors (Lipinski definition) is 2. The normalized spacial score (nSPS) is 17.2. The van der Waals surface area contributed by atoms with Gasteiger partial charge in [0.05, 0.1) is 17.2 Å². The number of carbonyl (C=O) groups is 3. The average molecular weight is 487 g/mol. The number of rotatable bonds is 5. The van der Waals surface area contributed by atoms with Gasteiger partial charge >= 0.3 is 0 Å². The molecule has 0 bridgehead atoms. The second-order valence-corrected chi connectivity index (χ2v) is 8.89. The van der Waals surface area contributed by atoms with Crippen molar-refractivity contribution in [2.45, 2.75) is 31.6 Å². The van der Waals surface area contributed by atoms with Crippen LogP contribution in [0.5, 0.6) is 0 Å². The van der Waals surface area contributed by atoms with Gasteiger partial charge in [0.1, 0.15) is 17.6 Å². The lowest BCUT2D eigenvalue weighted by atomic mass is 9.94. The van der Waals surface area contributed by atoms with Crippen molar-refractivity contribution in [3.63, 3.8) is 0 Å². The topological polar surface area (TPSA) is 134 Å². The van der Waals surface area contributed by atoms with Gasteiger partial charge < -0.3 is 16.0 Å². The van der Waals surface area contributed by atoms with Gasteiger partial charge in [-0.25, -0.2) is 9.07 Å². The Morgan fingerprint density at radius 3 is 2.69 bits per heavy atom. The third-order valence-corrected chi connectivity index (χ3v) is 6.64. The molecule has 1 saturated heterocycles. The summed E-state index contributed by atoms with van der Waals surface area (Å²) in [6, 6.07) is 12.4. The average Bonchev–Trinajstić information content (AvgIpc) is 3.45. The number of aromatic nitrogens is 2. The van der Waals surface area contributed by atoms with Crippen molar-refractivity contribution in [2.24, 2.45) is 5.73 Å². The molecule has 1 fully saturated rings. The first kappa shape index (κ1) is 23.2. The van der Waals surface area contributed by atoms with E-state index in [9.17, 15) is 24.0 Å². The number of ketones is 1. The zero-order valence-corrected chi connectivity index (χ0v) is 19.3. The van der Waals surface area contributed by atoms with Crippen LogP contribution in [-0.2, 0) is 4.79 Å². The summed E-state index contributed by atoms with van der Waals surface area (Å²) in [5.41, 5.74) is 7.67. The molecule has 182 valence electrons. The number of fused-ring (bicyclic) bond motifs is 1. The second-order valence-electron chi connectivity index (χ2n) is 8.89. The molecule has 2 aliphatic heterocycles. The minimum absolute atomic E-state index is 0.0649. The van der Waals surface area contributed by atoms with Gasteiger partial charge in [0.25, 0.3) is 5.91 Å². The highest BCUT2D eigenvalue weighted by atomic mass is 19.1. The minimum Gasteiger partial charge on any atom is -0.384 e. The van der Waals surface area contributed by atoms with Gasteiger partial charge in [-0.2, -0.15) is 10.4 Å². The van der Waals surface area contributed by atoms with Crippen LogP contribution in [0.25, 0.3) is 5.69 Å². The maximum Gasteiger partial charge on any atom is 0.269 e. The lowest BCUT2D eigenvalue weighted by Crippen LogP contribution is -2.30. The molecule has 2 amide bonds. The van der Waals surface area contributed by atoms with E-state index >= 15 is 0 Å².